The minimum Gasteiger partial charge on any atom is -0.396 e. The number of thiophene rings is 1. The first-order valence-electron chi connectivity index (χ1n) is 5.81. The van der Waals surface area contributed by atoms with Crippen molar-refractivity contribution in [2.24, 2.45) is 5.92 Å². The number of carbonyl (C=O) groups is 1. The van der Waals surface area contributed by atoms with Crippen LogP contribution >= 0.6 is 23.1 Å². The summed E-state index contributed by atoms with van der Waals surface area (Å²) in [4.78, 5) is 16.1. The minimum absolute atomic E-state index is 0.241. The zero-order valence-corrected chi connectivity index (χ0v) is 12.1. The van der Waals surface area contributed by atoms with Gasteiger partial charge in [-0.3, -0.25) is 4.79 Å². The van der Waals surface area contributed by atoms with E-state index in [1.165, 1.54) is 0 Å². The van der Waals surface area contributed by atoms with Crippen LogP contribution in [0.15, 0.2) is 4.90 Å². The number of nitrogens with zero attached hydrogens (tertiary/aromatic N) is 1. The highest BCUT2D eigenvalue weighted by molar-refractivity contribution is 7.99. The lowest BCUT2D eigenvalue weighted by molar-refractivity contribution is 0.0972. The van der Waals surface area contributed by atoms with Crippen molar-refractivity contribution in [3.63, 3.8) is 0 Å². The fourth-order valence-electron chi connectivity index (χ4n) is 1.72. The summed E-state index contributed by atoms with van der Waals surface area (Å²) in [5.74, 6) is 0.490. The molecule has 0 unspecified atom stereocenters. The molecule has 0 bridgehead atoms. The second kappa shape index (κ2) is 4.90. The lowest BCUT2D eigenvalue weighted by Crippen LogP contribution is -2.14. The van der Waals surface area contributed by atoms with Gasteiger partial charge in [0.1, 0.15) is 5.00 Å². The Labute approximate surface area is 110 Å². The molecule has 2 N–H and O–H groups in total. The van der Waals surface area contributed by atoms with Crippen LogP contribution in [0.25, 0.3) is 0 Å². The minimum atomic E-state index is 0.241. The molecule has 0 aliphatic heterocycles. The van der Waals surface area contributed by atoms with Crippen LogP contribution in [0.5, 0.6) is 0 Å². The van der Waals surface area contributed by atoms with Gasteiger partial charge in [0.05, 0.1) is 15.5 Å². The second-order valence-corrected chi connectivity index (χ2v) is 6.15. The maximum Gasteiger partial charge on any atom is 0.178 e. The van der Waals surface area contributed by atoms with E-state index in [1.807, 2.05) is 13.3 Å². The van der Waals surface area contributed by atoms with Crippen LogP contribution in [0, 0.1) is 5.92 Å². The molecule has 0 radical (unpaired) electrons. The largest absolute Gasteiger partial charge is 0.396 e. The van der Waals surface area contributed by atoms with E-state index in [4.69, 9.17) is 5.73 Å². The number of hydrogen-bond acceptors (Lipinski definition) is 5. The Bertz CT molecular complexity index is 438. The van der Waals surface area contributed by atoms with Crippen molar-refractivity contribution < 1.29 is 4.79 Å². The number of Topliss-reactive ketones (excluding diaryl/α,β-unsaturated/α-hetero) is 1. The highest BCUT2D eigenvalue weighted by atomic mass is 32.2. The van der Waals surface area contributed by atoms with Gasteiger partial charge in [0.25, 0.3) is 0 Å². The highest BCUT2D eigenvalue weighted by Gasteiger charge is 2.34. The number of ketones is 1. The molecule has 2 rings (SSSR count). The van der Waals surface area contributed by atoms with E-state index in [0.717, 1.165) is 34.2 Å². The average molecular weight is 270 g/mol. The van der Waals surface area contributed by atoms with Gasteiger partial charge in [-0.1, -0.05) is 0 Å². The molecular weight excluding hydrogens is 252 g/mol. The average Bonchev–Trinajstić information content (AvgIpc) is 3.11. The predicted octanol–water partition coefficient (Wildman–Crippen LogP) is 3.10. The van der Waals surface area contributed by atoms with Gasteiger partial charge in [0, 0.05) is 19.5 Å². The number of thioether (sulfide) groups is 1. The molecule has 5 heteroatoms. The van der Waals surface area contributed by atoms with E-state index in [1.54, 1.807) is 23.1 Å². The third-order valence-electron chi connectivity index (χ3n) is 3.08. The van der Waals surface area contributed by atoms with Gasteiger partial charge in [-0.15, -0.1) is 23.1 Å². The zero-order chi connectivity index (χ0) is 12.6. The molecule has 1 aliphatic rings. The van der Waals surface area contributed by atoms with Crippen LogP contribution in [-0.4, -0.2) is 25.6 Å². The maximum absolute atomic E-state index is 12.1. The fraction of sp³-hybridized carbons (Fsp3) is 0.583. The topological polar surface area (TPSA) is 46.3 Å². The molecule has 1 saturated carbocycles. The summed E-state index contributed by atoms with van der Waals surface area (Å²) in [6.07, 6.45) is 4.07. The lowest BCUT2D eigenvalue weighted by Gasteiger charge is -2.15. The van der Waals surface area contributed by atoms with E-state index >= 15 is 0 Å². The SMILES string of the molecule is CCN(C)c1sc(C(=O)C2CC2)c(N)c1SC. The summed E-state index contributed by atoms with van der Waals surface area (Å²) in [5, 5.41) is 1.13. The van der Waals surface area contributed by atoms with Crippen LogP contribution in [0.1, 0.15) is 29.4 Å². The molecule has 0 aromatic carbocycles. The predicted molar refractivity (Wildman–Crippen MR) is 76.5 cm³/mol. The van der Waals surface area contributed by atoms with Gasteiger partial charge in [-0.25, -0.2) is 0 Å². The first-order chi connectivity index (χ1) is 8.10. The molecule has 1 aromatic rings. The summed E-state index contributed by atoms with van der Waals surface area (Å²) in [5.41, 5.74) is 6.81. The Morgan fingerprint density at radius 3 is 2.71 bits per heavy atom. The lowest BCUT2D eigenvalue weighted by atomic mass is 10.2. The summed E-state index contributed by atoms with van der Waals surface area (Å²) in [7, 11) is 2.04. The van der Waals surface area contributed by atoms with Crippen molar-refractivity contribution in [3.05, 3.63) is 4.88 Å². The van der Waals surface area contributed by atoms with Gasteiger partial charge < -0.3 is 10.6 Å². The number of nitrogens with two attached hydrogens (primary N) is 1. The van der Waals surface area contributed by atoms with Crippen molar-refractivity contribution in [1.29, 1.82) is 0 Å². The van der Waals surface area contributed by atoms with Gasteiger partial charge >= 0.3 is 0 Å². The molecular formula is C12H18N2OS2. The molecule has 1 fully saturated rings. The quantitative estimate of drug-likeness (QED) is 0.659. The van der Waals surface area contributed by atoms with Crippen molar-refractivity contribution in [1.82, 2.24) is 0 Å². The summed E-state index contributed by atoms with van der Waals surface area (Å²) in [6.45, 7) is 3.02. The molecule has 17 heavy (non-hydrogen) atoms. The van der Waals surface area contributed by atoms with E-state index in [9.17, 15) is 4.79 Å². The van der Waals surface area contributed by atoms with E-state index in [2.05, 4.69) is 11.8 Å². The molecule has 94 valence electrons. The molecule has 1 aromatic heterocycles. The van der Waals surface area contributed by atoms with Crippen molar-refractivity contribution in [2.75, 3.05) is 30.5 Å². The summed E-state index contributed by atoms with van der Waals surface area (Å²) in [6, 6.07) is 0. The highest BCUT2D eigenvalue weighted by Crippen LogP contribution is 2.46. The van der Waals surface area contributed by atoms with Crippen molar-refractivity contribution in [2.45, 2.75) is 24.7 Å². The maximum atomic E-state index is 12.1. The standard InChI is InChI=1S/C12H18N2OS2/c1-4-14(2)12-11(16-3)8(13)10(17-12)9(15)7-5-6-7/h7H,4-6,13H2,1-3H3. The smallest absolute Gasteiger partial charge is 0.178 e. The van der Waals surface area contributed by atoms with Crippen LogP contribution in [0.3, 0.4) is 0 Å². The molecule has 0 amide bonds. The van der Waals surface area contributed by atoms with Gasteiger partial charge in [-0.05, 0) is 26.0 Å². The second-order valence-electron chi connectivity index (χ2n) is 4.34. The number of hydrogen-bond donors (Lipinski definition) is 1. The molecule has 0 spiro atoms. The normalized spacial score (nSPS) is 15.0. The van der Waals surface area contributed by atoms with Crippen LogP contribution in [-0.2, 0) is 0 Å². The van der Waals surface area contributed by atoms with Crippen LogP contribution in [0.2, 0.25) is 0 Å². The third kappa shape index (κ3) is 2.31. The Morgan fingerprint density at radius 2 is 2.24 bits per heavy atom. The molecule has 1 aliphatic carbocycles. The monoisotopic (exact) mass is 270 g/mol. The van der Waals surface area contributed by atoms with E-state index in [-0.39, 0.29) is 11.7 Å². The van der Waals surface area contributed by atoms with E-state index < -0.39 is 0 Å². The Balaban J connectivity index is 2.40. The van der Waals surface area contributed by atoms with Crippen molar-refractivity contribution >= 4 is 39.6 Å². The summed E-state index contributed by atoms with van der Waals surface area (Å²) >= 11 is 3.18. The Morgan fingerprint density at radius 1 is 1.59 bits per heavy atom. The van der Waals surface area contributed by atoms with Crippen molar-refractivity contribution in [3.8, 4) is 0 Å². The van der Waals surface area contributed by atoms with Crippen LogP contribution < -0.4 is 10.6 Å². The molecule has 0 atom stereocenters. The first kappa shape index (κ1) is 12.8. The zero-order valence-electron chi connectivity index (χ0n) is 10.4. The first-order valence-corrected chi connectivity index (χ1v) is 7.85. The number of nitrogen functional groups attached to an aromatic ring is 1. The Kier molecular flexibility index (Phi) is 3.68. The van der Waals surface area contributed by atoms with Gasteiger partial charge in [-0.2, -0.15) is 0 Å². The third-order valence-corrected chi connectivity index (χ3v) is 5.36. The van der Waals surface area contributed by atoms with Gasteiger partial charge in [0.2, 0.25) is 0 Å². The number of rotatable bonds is 5. The van der Waals surface area contributed by atoms with Crippen LogP contribution in [0.4, 0.5) is 10.7 Å². The fourth-order valence-corrected chi connectivity index (χ4v) is 3.97. The molecule has 0 saturated heterocycles. The number of anilines is 2. The summed E-state index contributed by atoms with van der Waals surface area (Å²) < 4.78 is 0. The molecule has 1 heterocycles. The number of carbonyl (C=O) groups excluding carboxylic acids is 1. The van der Waals surface area contributed by atoms with E-state index in [0.29, 0.717) is 5.69 Å². The molecule has 3 nitrogen and oxygen atoms in total. The Hall–Kier alpha value is -0.680. The van der Waals surface area contributed by atoms with Gasteiger partial charge in [0.15, 0.2) is 5.78 Å².